The van der Waals surface area contributed by atoms with Crippen molar-refractivity contribution in [2.24, 2.45) is 7.05 Å². The molecule has 0 fully saturated rings. The van der Waals surface area contributed by atoms with Gasteiger partial charge < -0.3 is 9.88 Å². The summed E-state index contributed by atoms with van der Waals surface area (Å²) < 4.78 is 29.1. The highest BCUT2D eigenvalue weighted by Gasteiger charge is 2.17. The van der Waals surface area contributed by atoms with Gasteiger partial charge in [0.05, 0.1) is 4.90 Å². The number of nitrogens with one attached hydrogen (secondary N) is 2. The first-order valence-corrected chi connectivity index (χ1v) is 8.33. The molecule has 0 atom stereocenters. The Balaban J connectivity index is 1.68. The molecule has 1 aliphatic rings. The summed E-state index contributed by atoms with van der Waals surface area (Å²) in [6, 6.07) is 5.29. The van der Waals surface area contributed by atoms with Crippen molar-refractivity contribution >= 4 is 10.0 Å². The number of hydrogen-bond donors (Lipinski definition) is 2. The van der Waals surface area contributed by atoms with Gasteiger partial charge >= 0.3 is 0 Å². The summed E-state index contributed by atoms with van der Waals surface area (Å²) in [5.74, 6) is 0.857. The van der Waals surface area contributed by atoms with Crippen LogP contribution in [0.2, 0.25) is 0 Å². The largest absolute Gasteiger partial charge is 0.338 e. The zero-order valence-electron chi connectivity index (χ0n) is 11.8. The van der Waals surface area contributed by atoms with E-state index in [0.29, 0.717) is 17.9 Å². The minimum absolute atomic E-state index is 0.324. The molecular formula is C14H18N4O2S. The molecule has 0 unspecified atom stereocenters. The third-order valence-electron chi connectivity index (χ3n) is 3.68. The Labute approximate surface area is 124 Å². The van der Waals surface area contributed by atoms with Crippen LogP contribution in [0, 0.1) is 0 Å². The third kappa shape index (κ3) is 2.99. The Morgan fingerprint density at radius 2 is 2.14 bits per heavy atom. The average Bonchev–Trinajstić information content (AvgIpc) is 3.07. The van der Waals surface area contributed by atoms with Gasteiger partial charge in [0.1, 0.15) is 5.82 Å². The molecule has 0 radical (unpaired) electrons. The Morgan fingerprint density at radius 3 is 2.90 bits per heavy atom. The predicted molar refractivity (Wildman–Crippen MR) is 79.1 cm³/mol. The molecule has 0 aliphatic carbocycles. The summed E-state index contributed by atoms with van der Waals surface area (Å²) in [5.41, 5.74) is 2.23. The fourth-order valence-electron chi connectivity index (χ4n) is 2.46. The summed E-state index contributed by atoms with van der Waals surface area (Å²) in [5, 5.41) is 3.21. The lowest BCUT2D eigenvalue weighted by Gasteiger charge is -2.08. The zero-order chi connectivity index (χ0) is 14.9. The number of aromatic nitrogens is 2. The molecule has 2 heterocycles. The summed E-state index contributed by atoms with van der Waals surface area (Å²) in [6.45, 7) is 1.87. The van der Waals surface area contributed by atoms with Gasteiger partial charge in [-0.3, -0.25) is 0 Å². The maximum Gasteiger partial charge on any atom is 0.240 e. The fourth-order valence-corrected chi connectivity index (χ4v) is 3.54. The summed E-state index contributed by atoms with van der Waals surface area (Å²) >= 11 is 0. The van der Waals surface area contributed by atoms with E-state index in [1.54, 1.807) is 18.3 Å². The Morgan fingerprint density at radius 1 is 1.33 bits per heavy atom. The van der Waals surface area contributed by atoms with Crippen molar-refractivity contribution in [2.75, 3.05) is 6.54 Å². The van der Waals surface area contributed by atoms with Crippen LogP contribution in [-0.4, -0.2) is 24.5 Å². The van der Waals surface area contributed by atoms with Crippen LogP contribution >= 0.6 is 0 Å². The van der Waals surface area contributed by atoms with Gasteiger partial charge in [-0.25, -0.2) is 18.1 Å². The molecule has 0 spiro atoms. The number of nitrogens with zero attached hydrogens (tertiary/aromatic N) is 2. The van der Waals surface area contributed by atoms with Crippen LogP contribution in [0.4, 0.5) is 0 Å². The minimum Gasteiger partial charge on any atom is -0.338 e. The van der Waals surface area contributed by atoms with Crippen LogP contribution in [0.1, 0.15) is 17.0 Å². The first kappa shape index (κ1) is 14.2. The van der Waals surface area contributed by atoms with Crippen LogP contribution in [-0.2, 0) is 36.6 Å². The highest BCUT2D eigenvalue weighted by molar-refractivity contribution is 7.89. The standard InChI is InChI=1S/C14H18N4O2S/c1-18-7-6-16-14(18)4-5-17-21(19,20)13-3-2-11-9-15-10-12(11)8-13/h2-3,6-8,15,17H,4-5,9-10H2,1H3. The quantitative estimate of drug-likeness (QED) is 0.845. The molecule has 2 aromatic rings. The van der Waals surface area contributed by atoms with E-state index in [2.05, 4.69) is 15.0 Å². The molecule has 0 saturated carbocycles. The molecule has 2 N–H and O–H groups in total. The molecule has 1 aliphatic heterocycles. The number of rotatable bonds is 5. The van der Waals surface area contributed by atoms with Crippen LogP contribution in [0.25, 0.3) is 0 Å². The van der Waals surface area contributed by atoms with E-state index in [-0.39, 0.29) is 0 Å². The van der Waals surface area contributed by atoms with E-state index in [9.17, 15) is 8.42 Å². The van der Waals surface area contributed by atoms with E-state index in [4.69, 9.17) is 0 Å². The molecule has 0 amide bonds. The average molecular weight is 306 g/mol. The van der Waals surface area contributed by atoms with Gasteiger partial charge in [-0.15, -0.1) is 0 Å². The second kappa shape index (κ2) is 5.59. The van der Waals surface area contributed by atoms with Crippen molar-refractivity contribution in [3.05, 3.63) is 47.5 Å². The number of benzene rings is 1. The van der Waals surface area contributed by atoms with Gasteiger partial charge in [0.15, 0.2) is 0 Å². The molecule has 112 valence electrons. The summed E-state index contributed by atoms with van der Waals surface area (Å²) in [4.78, 5) is 4.50. The molecule has 7 heteroatoms. The van der Waals surface area contributed by atoms with Crippen LogP contribution in [0.3, 0.4) is 0 Å². The Kier molecular flexibility index (Phi) is 3.79. The topological polar surface area (TPSA) is 76.0 Å². The molecular weight excluding hydrogens is 288 g/mol. The predicted octanol–water partition coefficient (Wildman–Crippen LogP) is 0.544. The minimum atomic E-state index is -3.46. The Hall–Kier alpha value is -1.70. The van der Waals surface area contributed by atoms with Gasteiger partial charge in [-0.1, -0.05) is 6.07 Å². The highest BCUT2D eigenvalue weighted by Crippen LogP contribution is 2.19. The molecule has 21 heavy (non-hydrogen) atoms. The fraction of sp³-hybridized carbons (Fsp3) is 0.357. The lowest BCUT2D eigenvalue weighted by atomic mass is 10.1. The smallest absolute Gasteiger partial charge is 0.240 e. The van der Waals surface area contributed by atoms with E-state index in [1.165, 1.54) is 5.56 Å². The summed E-state index contributed by atoms with van der Waals surface area (Å²) in [7, 11) is -1.57. The van der Waals surface area contributed by atoms with E-state index in [1.807, 2.05) is 23.9 Å². The maximum atomic E-state index is 12.3. The van der Waals surface area contributed by atoms with Crippen molar-refractivity contribution in [3.8, 4) is 0 Å². The lowest BCUT2D eigenvalue weighted by molar-refractivity contribution is 0.580. The van der Waals surface area contributed by atoms with Crippen molar-refractivity contribution in [2.45, 2.75) is 24.4 Å². The maximum absolute atomic E-state index is 12.3. The molecule has 0 saturated heterocycles. The Bertz CT molecular complexity index is 752. The SMILES string of the molecule is Cn1ccnc1CCNS(=O)(=O)c1ccc2c(c1)CNC2. The second-order valence-corrected chi connectivity index (χ2v) is 6.90. The van der Waals surface area contributed by atoms with Gasteiger partial charge in [-0.2, -0.15) is 0 Å². The third-order valence-corrected chi connectivity index (χ3v) is 5.14. The monoisotopic (exact) mass is 306 g/mol. The van der Waals surface area contributed by atoms with E-state index < -0.39 is 10.0 Å². The van der Waals surface area contributed by atoms with E-state index >= 15 is 0 Å². The number of hydrogen-bond acceptors (Lipinski definition) is 4. The van der Waals surface area contributed by atoms with Gasteiger partial charge in [0, 0.05) is 45.5 Å². The van der Waals surface area contributed by atoms with Gasteiger partial charge in [0.2, 0.25) is 10.0 Å². The molecule has 0 bridgehead atoms. The van der Waals surface area contributed by atoms with Crippen LogP contribution in [0.15, 0.2) is 35.5 Å². The van der Waals surface area contributed by atoms with Crippen LogP contribution < -0.4 is 10.0 Å². The van der Waals surface area contributed by atoms with Crippen molar-refractivity contribution < 1.29 is 8.42 Å². The van der Waals surface area contributed by atoms with Crippen molar-refractivity contribution in [3.63, 3.8) is 0 Å². The highest BCUT2D eigenvalue weighted by atomic mass is 32.2. The second-order valence-electron chi connectivity index (χ2n) is 5.14. The molecule has 1 aromatic carbocycles. The van der Waals surface area contributed by atoms with Gasteiger partial charge in [0.25, 0.3) is 0 Å². The molecule has 6 nitrogen and oxygen atoms in total. The summed E-state index contributed by atoms with van der Waals surface area (Å²) in [6.07, 6.45) is 4.11. The van der Waals surface area contributed by atoms with Crippen molar-refractivity contribution in [1.82, 2.24) is 19.6 Å². The number of fused-ring (bicyclic) bond motifs is 1. The number of aryl methyl sites for hydroxylation is 1. The van der Waals surface area contributed by atoms with Gasteiger partial charge in [-0.05, 0) is 23.3 Å². The first-order chi connectivity index (χ1) is 10.1. The van der Waals surface area contributed by atoms with Crippen molar-refractivity contribution in [1.29, 1.82) is 0 Å². The number of sulfonamides is 1. The lowest BCUT2D eigenvalue weighted by Crippen LogP contribution is -2.26. The number of imidazole rings is 1. The first-order valence-electron chi connectivity index (χ1n) is 6.85. The molecule has 1 aromatic heterocycles. The van der Waals surface area contributed by atoms with E-state index in [0.717, 1.165) is 24.5 Å². The van der Waals surface area contributed by atoms with Crippen LogP contribution in [0.5, 0.6) is 0 Å². The zero-order valence-corrected chi connectivity index (χ0v) is 12.7. The normalized spacial score (nSPS) is 14.3. The molecule has 3 rings (SSSR count).